The predicted octanol–water partition coefficient (Wildman–Crippen LogP) is 2.56. The molecule has 0 amide bonds. The molecule has 8 heteroatoms. The molecule has 118 valence electrons. The topological polar surface area (TPSA) is 63.4 Å². The van der Waals surface area contributed by atoms with E-state index in [4.69, 9.17) is 5.73 Å². The molecule has 0 unspecified atom stereocenters. The maximum Gasteiger partial charge on any atom is 0.246 e. The van der Waals surface area contributed by atoms with Gasteiger partial charge in [-0.2, -0.15) is 16.1 Å². The van der Waals surface area contributed by atoms with Crippen LogP contribution in [-0.4, -0.2) is 36.3 Å². The molecule has 1 fully saturated rings. The molecule has 2 rings (SSSR count). The molecule has 1 aromatic carbocycles. The molecular weight excluding hydrogens is 379 g/mol. The highest BCUT2D eigenvalue weighted by Gasteiger charge is 2.36. The number of thioether (sulfide) groups is 1. The third kappa shape index (κ3) is 3.61. The zero-order chi connectivity index (χ0) is 15.8. The van der Waals surface area contributed by atoms with Gasteiger partial charge in [0.25, 0.3) is 0 Å². The lowest BCUT2D eigenvalue weighted by atomic mass is 10.2. The molecule has 0 radical (unpaired) electrons. The quantitative estimate of drug-likeness (QED) is 0.852. The van der Waals surface area contributed by atoms with E-state index in [9.17, 15) is 12.8 Å². The highest BCUT2D eigenvalue weighted by Crippen LogP contribution is 2.34. The molecule has 0 aromatic heterocycles. The monoisotopic (exact) mass is 396 g/mol. The van der Waals surface area contributed by atoms with E-state index in [0.29, 0.717) is 23.3 Å². The van der Waals surface area contributed by atoms with Gasteiger partial charge in [-0.05, 0) is 26.0 Å². The minimum atomic E-state index is -3.86. The molecule has 1 aliphatic rings. The van der Waals surface area contributed by atoms with Crippen molar-refractivity contribution in [1.29, 1.82) is 0 Å². The number of nitrogens with zero attached hydrogens (tertiary/aromatic N) is 1. The number of benzene rings is 1. The third-order valence-electron chi connectivity index (χ3n) is 3.31. The zero-order valence-electron chi connectivity index (χ0n) is 11.9. The second kappa shape index (κ2) is 6.16. The van der Waals surface area contributed by atoms with Crippen LogP contribution in [0.5, 0.6) is 0 Å². The van der Waals surface area contributed by atoms with Crippen molar-refractivity contribution in [1.82, 2.24) is 4.31 Å². The standard InChI is InChI=1S/C13H18BrFN2O2S2/c1-13(2)8-17(3-4-20-13)21(18,19)11-6-10(14)5-9(7-16)12(11)15/h5-6H,3-4,7-8,16H2,1-2H3. The van der Waals surface area contributed by atoms with Gasteiger partial charge >= 0.3 is 0 Å². The van der Waals surface area contributed by atoms with Crippen molar-refractivity contribution in [2.75, 3.05) is 18.8 Å². The molecule has 21 heavy (non-hydrogen) atoms. The summed E-state index contributed by atoms with van der Waals surface area (Å²) < 4.78 is 41.5. The Morgan fingerprint density at radius 1 is 1.48 bits per heavy atom. The average Bonchev–Trinajstić information content (AvgIpc) is 2.39. The maximum absolute atomic E-state index is 14.4. The van der Waals surface area contributed by atoms with Crippen molar-refractivity contribution >= 4 is 37.7 Å². The third-order valence-corrected chi connectivity index (χ3v) is 6.91. The van der Waals surface area contributed by atoms with Crippen LogP contribution in [0.2, 0.25) is 0 Å². The van der Waals surface area contributed by atoms with E-state index < -0.39 is 15.8 Å². The normalized spacial score (nSPS) is 19.7. The van der Waals surface area contributed by atoms with Crippen LogP contribution in [0.3, 0.4) is 0 Å². The SMILES string of the molecule is CC1(C)CN(S(=O)(=O)c2cc(Br)cc(CN)c2F)CCS1. The highest BCUT2D eigenvalue weighted by atomic mass is 79.9. The van der Waals surface area contributed by atoms with E-state index in [1.807, 2.05) is 13.8 Å². The van der Waals surface area contributed by atoms with Crippen LogP contribution in [-0.2, 0) is 16.6 Å². The number of halogens is 2. The zero-order valence-corrected chi connectivity index (χ0v) is 15.1. The lowest BCUT2D eigenvalue weighted by Gasteiger charge is -2.36. The van der Waals surface area contributed by atoms with E-state index in [2.05, 4.69) is 15.9 Å². The van der Waals surface area contributed by atoms with Crippen LogP contribution < -0.4 is 5.73 Å². The summed E-state index contributed by atoms with van der Waals surface area (Å²) in [6.45, 7) is 4.68. The molecule has 1 aliphatic heterocycles. The van der Waals surface area contributed by atoms with Crippen molar-refractivity contribution in [2.24, 2.45) is 5.73 Å². The molecule has 0 atom stereocenters. The Morgan fingerprint density at radius 3 is 2.71 bits per heavy atom. The fraction of sp³-hybridized carbons (Fsp3) is 0.538. The van der Waals surface area contributed by atoms with Crippen molar-refractivity contribution < 1.29 is 12.8 Å². The van der Waals surface area contributed by atoms with Crippen molar-refractivity contribution in [3.05, 3.63) is 28.0 Å². The average molecular weight is 397 g/mol. The van der Waals surface area contributed by atoms with E-state index >= 15 is 0 Å². The van der Waals surface area contributed by atoms with E-state index in [0.717, 1.165) is 0 Å². The van der Waals surface area contributed by atoms with Gasteiger partial charge in [-0.3, -0.25) is 0 Å². The van der Waals surface area contributed by atoms with Crippen LogP contribution in [0, 0.1) is 5.82 Å². The molecule has 1 saturated heterocycles. The lowest BCUT2D eigenvalue weighted by molar-refractivity contribution is 0.384. The maximum atomic E-state index is 14.4. The summed E-state index contributed by atoms with van der Waals surface area (Å²) in [4.78, 5) is -0.306. The molecule has 1 heterocycles. The summed E-state index contributed by atoms with van der Waals surface area (Å²) in [6, 6.07) is 2.81. The lowest BCUT2D eigenvalue weighted by Crippen LogP contribution is -2.46. The predicted molar refractivity (Wildman–Crippen MR) is 87.3 cm³/mol. The Bertz CT molecular complexity index is 650. The Hall–Kier alpha value is -0.150. The van der Waals surface area contributed by atoms with Gasteiger partial charge in [-0.25, -0.2) is 12.8 Å². The van der Waals surface area contributed by atoms with Crippen LogP contribution in [0.25, 0.3) is 0 Å². The summed E-state index contributed by atoms with van der Waals surface area (Å²) in [5.74, 6) is -0.0530. The number of rotatable bonds is 3. The van der Waals surface area contributed by atoms with Gasteiger partial charge in [0, 0.05) is 40.2 Å². The Balaban J connectivity index is 2.47. The first-order valence-electron chi connectivity index (χ1n) is 6.49. The fourth-order valence-corrected chi connectivity index (χ4v) is 5.97. The van der Waals surface area contributed by atoms with Gasteiger partial charge in [0.15, 0.2) is 0 Å². The van der Waals surface area contributed by atoms with E-state index in [1.165, 1.54) is 16.4 Å². The summed E-state index contributed by atoms with van der Waals surface area (Å²) >= 11 is 4.94. The van der Waals surface area contributed by atoms with E-state index in [1.54, 1.807) is 11.8 Å². The van der Waals surface area contributed by atoms with Crippen LogP contribution in [0.4, 0.5) is 4.39 Å². The van der Waals surface area contributed by atoms with Crippen LogP contribution in [0.15, 0.2) is 21.5 Å². The fourth-order valence-electron chi connectivity index (χ4n) is 2.27. The number of sulfonamides is 1. The summed E-state index contributed by atoms with van der Waals surface area (Å²) in [5.41, 5.74) is 5.67. The second-order valence-corrected chi connectivity index (χ2v) is 10.2. The summed E-state index contributed by atoms with van der Waals surface area (Å²) in [5, 5.41) is 0. The first-order valence-corrected chi connectivity index (χ1v) is 9.71. The Labute approximate surface area is 137 Å². The Kier molecular flexibility index (Phi) is 5.04. The minimum absolute atomic E-state index is 0.0465. The first-order chi connectivity index (χ1) is 9.67. The second-order valence-electron chi connectivity index (χ2n) is 5.53. The first kappa shape index (κ1) is 17.2. The number of hydrogen-bond donors (Lipinski definition) is 1. The number of hydrogen-bond acceptors (Lipinski definition) is 4. The van der Waals surface area contributed by atoms with Gasteiger partial charge in [0.1, 0.15) is 10.7 Å². The van der Waals surface area contributed by atoms with Crippen LogP contribution >= 0.6 is 27.7 Å². The molecule has 1 aromatic rings. The van der Waals surface area contributed by atoms with E-state index in [-0.39, 0.29) is 21.8 Å². The minimum Gasteiger partial charge on any atom is -0.326 e. The van der Waals surface area contributed by atoms with Crippen LogP contribution in [0.1, 0.15) is 19.4 Å². The molecule has 2 N–H and O–H groups in total. The smallest absolute Gasteiger partial charge is 0.246 e. The molecule has 0 bridgehead atoms. The number of nitrogens with two attached hydrogens (primary N) is 1. The van der Waals surface area contributed by atoms with Crippen molar-refractivity contribution in [3.8, 4) is 0 Å². The van der Waals surface area contributed by atoms with Crippen molar-refractivity contribution in [2.45, 2.75) is 30.0 Å². The van der Waals surface area contributed by atoms with Gasteiger partial charge in [-0.15, -0.1) is 0 Å². The van der Waals surface area contributed by atoms with Gasteiger partial charge in [0.2, 0.25) is 10.0 Å². The Morgan fingerprint density at radius 2 is 2.14 bits per heavy atom. The summed E-state index contributed by atoms with van der Waals surface area (Å²) in [6.07, 6.45) is 0. The molecule has 0 aliphatic carbocycles. The summed E-state index contributed by atoms with van der Waals surface area (Å²) in [7, 11) is -3.86. The van der Waals surface area contributed by atoms with Gasteiger partial charge < -0.3 is 5.73 Å². The highest BCUT2D eigenvalue weighted by molar-refractivity contribution is 9.10. The van der Waals surface area contributed by atoms with Gasteiger partial charge in [0.05, 0.1) is 0 Å². The molecule has 0 saturated carbocycles. The largest absolute Gasteiger partial charge is 0.326 e. The molecule has 0 spiro atoms. The molecular formula is C13H18BrFN2O2S2. The van der Waals surface area contributed by atoms with Gasteiger partial charge in [-0.1, -0.05) is 15.9 Å². The molecule has 4 nitrogen and oxygen atoms in total. The van der Waals surface area contributed by atoms with Crippen molar-refractivity contribution in [3.63, 3.8) is 0 Å².